The normalized spacial score (nSPS) is 11.3. The average Bonchev–Trinajstić information content (AvgIpc) is 2.94. The number of furan rings is 1. The van der Waals surface area contributed by atoms with Gasteiger partial charge in [-0.25, -0.2) is 4.98 Å². The Morgan fingerprint density at radius 1 is 1.13 bits per heavy atom. The molecule has 4 rings (SSSR count). The van der Waals surface area contributed by atoms with Crippen molar-refractivity contribution in [2.24, 2.45) is 0 Å². The van der Waals surface area contributed by atoms with E-state index in [0.717, 1.165) is 10.3 Å². The van der Waals surface area contributed by atoms with Gasteiger partial charge in [0.25, 0.3) is 5.56 Å². The van der Waals surface area contributed by atoms with E-state index < -0.39 is 0 Å². The van der Waals surface area contributed by atoms with Gasteiger partial charge >= 0.3 is 0 Å². The van der Waals surface area contributed by atoms with Crippen LogP contribution in [0, 0.1) is 6.92 Å². The van der Waals surface area contributed by atoms with Crippen LogP contribution in [-0.4, -0.2) is 9.97 Å². The van der Waals surface area contributed by atoms with Crippen molar-refractivity contribution in [3.8, 4) is 0 Å². The van der Waals surface area contributed by atoms with Crippen LogP contribution in [0.2, 0.25) is 0 Å². The van der Waals surface area contributed by atoms with Gasteiger partial charge in [-0.3, -0.25) is 4.79 Å². The Bertz CT molecular complexity index is 1050. The van der Waals surface area contributed by atoms with E-state index >= 15 is 0 Å². The van der Waals surface area contributed by atoms with Crippen LogP contribution < -0.4 is 5.56 Å². The lowest BCUT2D eigenvalue weighted by Crippen LogP contribution is -2.10. The zero-order chi connectivity index (χ0) is 15.8. The van der Waals surface area contributed by atoms with Gasteiger partial charge in [-0.15, -0.1) is 11.8 Å². The van der Waals surface area contributed by atoms with Crippen molar-refractivity contribution in [2.45, 2.75) is 17.6 Å². The maximum Gasteiger partial charge on any atom is 0.294 e. The minimum atomic E-state index is -0.231. The second kappa shape index (κ2) is 5.59. The molecule has 2 aromatic carbocycles. The quantitative estimate of drug-likeness (QED) is 0.572. The number of hydrogen-bond donors (Lipinski definition) is 1. The van der Waals surface area contributed by atoms with Crippen molar-refractivity contribution in [2.75, 3.05) is 0 Å². The Morgan fingerprint density at radius 2 is 1.91 bits per heavy atom. The van der Waals surface area contributed by atoms with Gasteiger partial charge in [-0.2, -0.15) is 0 Å². The van der Waals surface area contributed by atoms with Crippen LogP contribution in [0.5, 0.6) is 0 Å². The highest BCUT2D eigenvalue weighted by atomic mass is 32.2. The molecule has 0 atom stereocenters. The van der Waals surface area contributed by atoms with Crippen LogP contribution in [0.4, 0.5) is 0 Å². The van der Waals surface area contributed by atoms with Gasteiger partial charge in [0.2, 0.25) is 5.58 Å². The molecule has 23 heavy (non-hydrogen) atoms. The second-order valence-corrected chi connectivity index (χ2v) is 6.44. The summed E-state index contributed by atoms with van der Waals surface area (Å²) in [6, 6.07) is 15.9. The Kier molecular flexibility index (Phi) is 3.42. The Morgan fingerprint density at radius 3 is 2.74 bits per heavy atom. The fourth-order valence-electron chi connectivity index (χ4n) is 2.50. The van der Waals surface area contributed by atoms with Gasteiger partial charge in [0, 0.05) is 10.3 Å². The zero-order valence-corrected chi connectivity index (χ0v) is 13.3. The molecule has 0 saturated carbocycles. The molecule has 1 N–H and O–H groups in total. The molecule has 2 heterocycles. The van der Waals surface area contributed by atoms with Crippen LogP contribution in [0.25, 0.3) is 22.1 Å². The van der Waals surface area contributed by atoms with Crippen LogP contribution in [0.15, 0.2) is 62.6 Å². The predicted octanol–water partition coefficient (Wildman–Crippen LogP) is 4.27. The summed E-state index contributed by atoms with van der Waals surface area (Å²) in [7, 11) is 0. The highest BCUT2D eigenvalue weighted by molar-refractivity contribution is 7.98. The number of aromatic nitrogens is 2. The Hall–Kier alpha value is -2.53. The third-order valence-corrected chi connectivity index (χ3v) is 4.70. The first-order chi connectivity index (χ1) is 11.2. The maximum atomic E-state index is 12.2. The van der Waals surface area contributed by atoms with Crippen molar-refractivity contribution in [1.82, 2.24) is 9.97 Å². The van der Waals surface area contributed by atoms with Crippen molar-refractivity contribution in [3.05, 3.63) is 70.3 Å². The number of H-pyrrole nitrogens is 1. The lowest BCUT2D eigenvalue weighted by atomic mass is 10.2. The standard InChI is InChI=1S/C18H14N2O2S/c1-11-6-8-12(9-7-11)23-10-15-19-16-13-4-2-3-5-14(13)22-17(16)18(21)20-15/h2-9H,10H2,1H3,(H,19,20,21). The number of nitrogens with one attached hydrogen (secondary N) is 1. The zero-order valence-electron chi connectivity index (χ0n) is 12.5. The smallest absolute Gasteiger partial charge is 0.294 e. The third-order valence-electron chi connectivity index (χ3n) is 3.68. The number of fused-ring (bicyclic) bond motifs is 3. The van der Waals surface area contributed by atoms with Gasteiger partial charge in [0.15, 0.2) is 0 Å². The lowest BCUT2D eigenvalue weighted by Gasteiger charge is -2.02. The molecule has 5 heteroatoms. The molecular weight excluding hydrogens is 308 g/mol. The minimum Gasteiger partial charge on any atom is -0.449 e. The molecule has 0 aliphatic heterocycles. The summed E-state index contributed by atoms with van der Waals surface area (Å²) >= 11 is 1.64. The molecule has 4 nitrogen and oxygen atoms in total. The first-order valence-corrected chi connectivity index (χ1v) is 8.29. The molecule has 0 saturated heterocycles. The number of thioether (sulfide) groups is 1. The molecule has 2 aromatic heterocycles. The Balaban J connectivity index is 1.71. The molecule has 0 fully saturated rings. The molecule has 0 spiro atoms. The topological polar surface area (TPSA) is 58.9 Å². The van der Waals surface area contributed by atoms with Crippen molar-refractivity contribution in [1.29, 1.82) is 0 Å². The van der Waals surface area contributed by atoms with Crippen molar-refractivity contribution in [3.63, 3.8) is 0 Å². The Labute approximate surface area is 136 Å². The summed E-state index contributed by atoms with van der Waals surface area (Å²) < 4.78 is 5.60. The first-order valence-electron chi connectivity index (χ1n) is 7.30. The molecule has 114 valence electrons. The van der Waals surface area contributed by atoms with Crippen LogP contribution in [-0.2, 0) is 5.75 Å². The monoisotopic (exact) mass is 322 g/mol. The summed E-state index contributed by atoms with van der Waals surface area (Å²) in [6.45, 7) is 2.06. The van der Waals surface area contributed by atoms with E-state index in [-0.39, 0.29) is 11.1 Å². The highest BCUT2D eigenvalue weighted by Gasteiger charge is 2.12. The third kappa shape index (κ3) is 2.64. The number of rotatable bonds is 3. The number of nitrogens with zero attached hydrogens (tertiary/aromatic N) is 1. The second-order valence-electron chi connectivity index (χ2n) is 5.39. The molecule has 0 aliphatic carbocycles. The average molecular weight is 322 g/mol. The summed E-state index contributed by atoms with van der Waals surface area (Å²) in [4.78, 5) is 20.8. The fraction of sp³-hybridized carbons (Fsp3) is 0.111. The van der Waals surface area contributed by atoms with Gasteiger partial charge < -0.3 is 9.40 Å². The van der Waals surface area contributed by atoms with E-state index in [0.29, 0.717) is 22.7 Å². The molecular formula is C18H14N2O2S. The minimum absolute atomic E-state index is 0.231. The molecule has 0 radical (unpaired) electrons. The van der Waals surface area contributed by atoms with E-state index in [1.165, 1.54) is 5.56 Å². The maximum absolute atomic E-state index is 12.2. The van der Waals surface area contributed by atoms with E-state index in [4.69, 9.17) is 4.42 Å². The van der Waals surface area contributed by atoms with Crippen molar-refractivity contribution >= 4 is 33.8 Å². The summed E-state index contributed by atoms with van der Waals surface area (Å²) in [5, 5.41) is 0.871. The number of para-hydroxylation sites is 1. The highest BCUT2D eigenvalue weighted by Crippen LogP contribution is 2.26. The summed E-state index contributed by atoms with van der Waals surface area (Å²) in [5.41, 5.74) is 2.60. The predicted molar refractivity (Wildman–Crippen MR) is 92.9 cm³/mol. The lowest BCUT2D eigenvalue weighted by molar-refractivity contribution is 0.660. The molecule has 4 aromatic rings. The van der Waals surface area contributed by atoms with Crippen LogP contribution >= 0.6 is 11.8 Å². The van der Waals surface area contributed by atoms with Gasteiger partial charge in [0.1, 0.15) is 16.9 Å². The van der Waals surface area contributed by atoms with Gasteiger partial charge in [-0.05, 0) is 31.2 Å². The van der Waals surface area contributed by atoms with E-state index in [2.05, 4.69) is 41.2 Å². The first kappa shape index (κ1) is 14.1. The van der Waals surface area contributed by atoms with Crippen molar-refractivity contribution < 1.29 is 4.42 Å². The molecule has 0 amide bonds. The SMILES string of the molecule is Cc1ccc(SCc2nc3c(oc4ccccc43)c(=O)[nH]2)cc1. The van der Waals surface area contributed by atoms with Crippen LogP contribution in [0.3, 0.4) is 0 Å². The largest absolute Gasteiger partial charge is 0.449 e. The van der Waals surface area contributed by atoms with Gasteiger partial charge in [0.05, 0.1) is 5.75 Å². The van der Waals surface area contributed by atoms with E-state index in [9.17, 15) is 4.79 Å². The summed E-state index contributed by atoms with van der Waals surface area (Å²) in [5.74, 6) is 1.26. The molecule has 0 unspecified atom stereocenters. The van der Waals surface area contributed by atoms with Crippen LogP contribution in [0.1, 0.15) is 11.4 Å². The van der Waals surface area contributed by atoms with E-state index in [1.807, 2.05) is 24.3 Å². The summed E-state index contributed by atoms with van der Waals surface area (Å²) in [6.07, 6.45) is 0. The number of aromatic amines is 1. The number of hydrogen-bond acceptors (Lipinski definition) is 4. The molecule has 0 bridgehead atoms. The fourth-order valence-corrected chi connectivity index (χ4v) is 3.27. The number of benzene rings is 2. The number of aryl methyl sites for hydroxylation is 1. The van der Waals surface area contributed by atoms with Gasteiger partial charge in [-0.1, -0.05) is 29.8 Å². The molecule has 0 aliphatic rings. The van der Waals surface area contributed by atoms with E-state index in [1.54, 1.807) is 11.8 Å².